The molecule has 0 saturated heterocycles. The topological polar surface area (TPSA) is 28.4 Å². The van der Waals surface area contributed by atoms with Gasteiger partial charge in [-0.2, -0.15) is 0 Å². The Hall–Kier alpha value is -5.80. The SMILES string of the molecule is C1=C(N(c2ccccc2)c2ccc(-c3ccc4ccc5ccc6ccccc6c5c4c3)cc2)c2c(oc3ccccc23)NC1. The molecule has 208 valence electrons. The van der Waals surface area contributed by atoms with E-state index in [0.29, 0.717) is 6.54 Å². The van der Waals surface area contributed by atoms with Gasteiger partial charge in [-0.05, 0) is 85.9 Å². The van der Waals surface area contributed by atoms with Crippen molar-refractivity contribution in [3.05, 3.63) is 157 Å². The molecule has 0 aliphatic carbocycles. The average molecular weight is 565 g/mol. The van der Waals surface area contributed by atoms with Crippen molar-refractivity contribution in [2.75, 3.05) is 16.8 Å². The Labute approximate surface area is 255 Å². The van der Waals surface area contributed by atoms with E-state index < -0.39 is 0 Å². The van der Waals surface area contributed by atoms with Crippen molar-refractivity contribution >= 4 is 66.2 Å². The number of nitrogens with one attached hydrogen (secondary N) is 1. The van der Waals surface area contributed by atoms with Crippen LogP contribution in [0.15, 0.2) is 156 Å². The first-order chi connectivity index (χ1) is 21.8. The summed E-state index contributed by atoms with van der Waals surface area (Å²) in [6, 6.07) is 52.2. The third-order valence-electron chi connectivity index (χ3n) is 8.85. The van der Waals surface area contributed by atoms with E-state index in [1.54, 1.807) is 0 Å². The zero-order chi connectivity index (χ0) is 29.0. The average Bonchev–Trinajstić information content (AvgIpc) is 3.48. The standard InChI is InChI=1S/C41H28N2O/c1-2-9-32(10-3-1)43(37-24-25-42-41-40(37)35-12-6-7-13-38(35)44-41)33-22-20-27(21-23-33)31-19-16-29-15-18-30-17-14-28-8-4-5-11-34(28)39(30)36(29)26-31/h1-24,26,42H,25H2. The summed E-state index contributed by atoms with van der Waals surface area (Å²) < 4.78 is 6.23. The Bertz CT molecular complexity index is 2380. The molecule has 8 aromatic rings. The molecule has 0 atom stereocenters. The Balaban J connectivity index is 1.17. The van der Waals surface area contributed by atoms with Gasteiger partial charge in [0, 0.05) is 23.3 Å². The Morgan fingerprint density at radius 3 is 2.00 bits per heavy atom. The molecule has 44 heavy (non-hydrogen) atoms. The second kappa shape index (κ2) is 9.89. The predicted molar refractivity (Wildman–Crippen MR) is 186 cm³/mol. The first kappa shape index (κ1) is 24.8. The number of para-hydroxylation sites is 2. The van der Waals surface area contributed by atoms with Gasteiger partial charge >= 0.3 is 0 Å². The van der Waals surface area contributed by atoms with Crippen LogP contribution in [0.5, 0.6) is 0 Å². The van der Waals surface area contributed by atoms with Crippen LogP contribution in [0.1, 0.15) is 5.56 Å². The molecule has 0 radical (unpaired) electrons. The van der Waals surface area contributed by atoms with Gasteiger partial charge < -0.3 is 14.6 Å². The summed E-state index contributed by atoms with van der Waals surface area (Å²) in [5, 5.41) is 12.2. The number of fused-ring (bicyclic) bond motifs is 8. The van der Waals surface area contributed by atoms with E-state index in [9.17, 15) is 0 Å². The number of hydrogen-bond donors (Lipinski definition) is 1. The van der Waals surface area contributed by atoms with Crippen molar-refractivity contribution in [2.45, 2.75) is 0 Å². The van der Waals surface area contributed by atoms with Crippen molar-refractivity contribution in [1.29, 1.82) is 0 Å². The molecule has 0 amide bonds. The second-order valence-corrected chi connectivity index (χ2v) is 11.4. The monoisotopic (exact) mass is 564 g/mol. The van der Waals surface area contributed by atoms with Crippen LogP contribution in [-0.4, -0.2) is 6.54 Å². The smallest absolute Gasteiger partial charge is 0.203 e. The van der Waals surface area contributed by atoms with E-state index in [-0.39, 0.29) is 0 Å². The molecule has 9 rings (SSSR count). The lowest BCUT2D eigenvalue weighted by molar-refractivity contribution is 0.627. The number of rotatable bonds is 4. The maximum Gasteiger partial charge on any atom is 0.203 e. The van der Waals surface area contributed by atoms with Gasteiger partial charge in [-0.1, -0.05) is 109 Å². The highest BCUT2D eigenvalue weighted by Gasteiger charge is 2.26. The summed E-state index contributed by atoms with van der Waals surface area (Å²) >= 11 is 0. The van der Waals surface area contributed by atoms with E-state index in [1.165, 1.54) is 43.4 Å². The summed E-state index contributed by atoms with van der Waals surface area (Å²) in [5.74, 6) is 0.817. The minimum Gasteiger partial charge on any atom is -0.440 e. The van der Waals surface area contributed by atoms with E-state index in [1.807, 2.05) is 12.1 Å². The van der Waals surface area contributed by atoms with Gasteiger partial charge in [0.05, 0.1) is 11.3 Å². The first-order valence-corrected chi connectivity index (χ1v) is 15.1. The molecule has 2 heterocycles. The molecule has 7 aromatic carbocycles. The zero-order valence-electron chi connectivity index (χ0n) is 24.0. The van der Waals surface area contributed by atoms with Crippen molar-refractivity contribution in [3.8, 4) is 11.1 Å². The zero-order valence-corrected chi connectivity index (χ0v) is 24.0. The van der Waals surface area contributed by atoms with Gasteiger partial charge in [0.1, 0.15) is 5.58 Å². The summed E-state index contributed by atoms with van der Waals surface area (Å²) in [7, 11) is 0. The molecule has 3 nitrogen and oxygen atoms in total. The van der Waals surface area contributed by atoms with E-state index in [4.69, 9.17) is 4.42 Å². The molecule has 0 bridgehead atoms. The molecule has 0 unspecified atom stereocenters. The van der Waals surface area contributed by atoms with Gasteiger partial charge in [-0.25, -0.2) is 0 Å². The van der Waals surface area contributed by atoms with Gasteiger partial charge in [0.15, 0.2) is 0 Å². The van der Waals surface area contributed by atoms with Crippen LogP contribution in [0, 0.1) is 0 Å². The molecule has 0 saturated carbocycles. The molecule has 1 N–H and O–H groups in total. The lowest BCUT2D eigenvalue weighted by Crippen LogP contribution is -2.20. The second-order valence-electron chi connectivity index (χ2n) is 11.4. The third-order valence-corrected chi connectivity index (χ3v) is 8.85. The Kier molecular flexibility index (Phi) is 5.57. The maximum absolute atomic E-state index is 6.23. The van der Waals surface area contributed by atoms with Crippen molar-refractivity contribution in [3.63, 3.8) is 0 Å². The maximum atomic E-state index is 6.23. The largest absolute Gasteiger partial charge is 0.440 e. The number of benzene rings is 7. The lowest BCUT2D eigenvalue weighted by atomic mass is 9.94. The van der Waals surface area contributed by atoms with Gasteiger partial charge in [0.2, 0.25) is 5.88 Å². The Morgan fingerprint density at radius 1 is 0.523 bits per heavy atom. The fourth-order valence-corrected chi connectivity index (χ4v) is 6.78. The molecule has 1 aromatic heterocycles. The minimum absolute atomic E-state index is 0.698. The number of nitrogens with zero attached hydrogens (tertiary/aromatic N) is 1. The van der Waals surface area contributed by atoms with Crippen LogP contribution in [0.3, 0.4) is 0 Å². The fraction of sp³-hybridized carbons (Fsp3) is 0.0244. The molecule has 3 heteroatoms. The molecular weight excluding hydrogens is 536 g/mol. The minimum atomic E-state index is 0.698. The highest BCUT2D eigenvalue weighted by atomic mass is 16.3. The molecule has 0 fully saturated rings. The van der Waals surface area contributed by atoms with E-state index >= 15 is 0 Å². The molecule has 0 spiro atoms. The van der Waals surface area contributed by atoms with Crippen LogP contribution in [0.25, 0.3) is 60.1 Å². The predicted octanol–water partition coefficient (Wildman–Crippen LogP) is 11.2. The van der Waals surface area contributed by atoms with E-state index in [0.717, 1.165) is 39.5 Å². The molecule has 1 aliphatic heterocycles. The Morgan fingerprint density at radius 2 is 1.16 bits per heavy atom. The molecule has 1 aliphatic rings. The number of hydrogen-bond acceptors (Lipinski definition) is 3. The number of furan rings is 1. The lowest BCUT2D eigenvalue weighted by Gasteiger charge is -2.30. The van der Waals surface area contributed by atoms with Gasteiger partial charge in [0.25, 0.3) is 0 Å². The van der Waals surface area contributed by atoms with E-state index in [2.05, 4.69) is 150 Å². The van der Waals surface area contributed by atoms with Crippen molar-refractivity contribution in [1.82, 2.24) is 0 Å². The number of anilines is 3. The quantitative estimate of drug-likeness (QED) is 0.216. The van der Waals surface area contributed by atoms with Crippen LogP contribution in [0.2, 0.25) is 0 Å². The molecular formula is C41H28N2O. The van der Waals surface area contributed by atoms with Gasteiger partial charge in [-0.15, -0.1) is 0 Å². The van der Waals surface area contributed by atoms with Crippen LogP contribution >= 0.6 is 0 Å². The third kappa shape index (κ3) is 3.90. The van der Waals surface area contributed by atoms with Gasteiger partial charge in [-0.3, -0.25) is 0 Å². The highest BCUT2D eigenvalue weighted by Crippen LogP contribution is 2.44. The normalized spacial score (nSPS) is 12.8. The fourth-order valence-electron chi connectivity index (χ4n) is 6.78. The van der Waals surface area contributed by atoms with Crippen LogP contribution in [-0.2, 0) is 0 Å². The highest BCUT2D eigenvalue weighted by molar-refractivity contribution is 6.20. The summed E-state index contributed by atoms with van der Waals surface area (Å²) in [6.07, 6.45) is 2.25. The summed E-state index contributed by atoms with van der Waals surface area (Å²) in [4.78, 5) is 2.34. The summed E-state index contributed by atoms with van der Waals surface area (Å²) in [5.41, 5.74) is 7.70. The van der Waals surface area contributed by atoms with Crippen molar-refractivity contribution in [2.24, 2.45) is 0 Å². The van der Waals surface area contributed by atoms with Crippen LogP contribution in [0.4, 0.5) is 17.3 Å². The van der Waals surface area contributed by atoms with Crippen molar-refractivity contribution < 1.29 is 4.42 Å². The summed E-state index contributed by atoms with van der Waals surface area (Å²) in [6.45, 7) is 0.698. The first-order valence-electron chi connectivity index (χ1n) is 15.1. The van der Waals surface area contributed by atoms with Crippen LogP contribution < -0.4 is 10.2 Å².